The quantitative estimate of drug-likeness (QED) is 0.298. The first-order valence-electron chi connectivity index (χ1n) is 6.06. The number of rotatable bonds is 1. The van der Waals surface area contributed by atoms with Gasteiger partial charge in [0.2, 0.25) is 5.91 Å². The lowest BCUT2D eigenvalue weighted by molar-refractivity contribution is 0.1000. The fourth-order valence-electron chi connectivity index (χ4n) is 1.29. The first-order valence-corrected chi connectivity index (χ1v) is 7.62. The second-order valence-electron chi connectivity index (χ2n) is 3.98. The summed E-state index contributed by atoms with van der Waals surface area (Å²) >= 11 is 0. The maximum Gasteiger partial charge on any atom is 0.466 e. The molecule has 0 unspecified atom stereocenters. The van der Waals surface area contributed by atoms with Crippen LogP contribution in [0.5, 0.6) is 0 Å². The molecule has 0 aromatic carbocycles. The summed E-state index contributed by atoms with van der Waals surface area (Å²) in [7, 11) is -4.64. The third-order valence-electron chi connectivity index (χ3n) is 2.20. The molecule has 0 aliphatic heterocycles. The molecule has 0 aliphatic carbocycles. The fraction of sp³-hybridized carbons (Fsp3) is 0. The van der Waals surface area contributed by atoms with Crippen LogP contribution in [-0.2, 0) is 4.57 Å². The number of nitrogens with two attached hydrogens (primary N) is 2. The number of aromatic amines is 1. The van der Waals surface area contributed by atoms with E-state index < -0.39 is 13.7 Å². The molecule has 0 saturated carbocycles. The largest absolute Gasteiger partial charge is 0.466 e. The van der Waals surface area contributed by atoms with Crippen molar-refractivity contribution in [2.45, 2.75) is 0 Å². The van der Waals surface area contributed by atoms with Gasteiger partial charge in [0.1, 0.15) is 11.8 Å². The summed E-state index contributed by atoms with van der Waals surface area (Å²) in [6, 6.07) is 3.29. The van der Waals surface area contributed by atoms with Crippen molar-refractivity contribution in [3.63, 3.8) is 0 Å². The van der Waals surface area contributed by atoms with Crippen LogP contribution in [-0.4, -0.2) is 45.5 Å². The highest BCUT2D eigenvalue weighted by atomic mass is 31.2. The number of anilines is 1. The number of fused-ring (bicyclic) bond motifs is 1. The first kappa shape index (κ1) is 19.1. The summed E-state index contributed by atoms with van der Waals surface area (Å²) < 4.78 is 8.88. The Kier molecular flexibility index (Phi) is 6.89. The maximum atomic E-state index is 10.4. The van der Waals surface area contributed by atoms with Crippen molar-refractivity contribution in [3.05, 3.63) is 42.7 Å². The van der Waals surface area contributed by atoms with Crippen molar-refractivity contribution >= 4 is 30.7 Å². The van der Waals surface area contributed by atoms with Crippen molar-refractivity contribution in [3.8, 4) is 0 Å². The number of primary amides is 1. The Labute approximate surface area is 134 Å². The lowest BCUT2D eigenvalue weighted by Gasteiger charge is -1.89. The molecular formula is C11H14N7O5P. The lowest BCUT2D eigenvalue weighted by Crippen LogP contribution is -2.10. The normalized spacial score (nSPS) is 10.1. The smallest absolute Gasteiger partial charge is 0.382 e. The highest BCUT2D eigenvalue weighted by Crippen LogP contribution is 2.25. The number of phosphoric acid groups is 1. The number of hydrogen-bond acceptors (Lipinski definition) is 7. The summed E-state index contributed by atoms with van der Waals surface area (Å²) in [5.74, 6) is -0.00870. The molecule has 0 fully saturated rings. The van der Waals surface area contributed by atoms with E-state index in [1.165, 1.54) is 18.9 Å². The number of carbonyl (C=O) groups is 1. The van der Waals surface area contributed by atoms with Gasteiger partial charge >= 0.3 is 7.82 Å². The van der Waals surface area contributed by atoms with Crippen LogP contribution in [0.3, 0.4) is 0 Å². The van der Waals surface area contributed by atoms with Crippen molar-refractivity contribution in [2.24, 2.45) is 5.73 Å². The van der Waals surface area contributed by atoms with E-state index in [0.717, 1.165) is 0 Å². The second kappa shape index (κ2) is 8.64. The van der Waals surface area contributed by atoms with E-state index in [1.807, 2.05) is 0 Å². The van der Waals surface area contributed by atoms with E-state index in [-0.39, 0.29) is 0 Å². The molecule has 3 aromatic rings. The number of aromatic nitrogens is 5. The molecule has 13 heteroatoms. The highest BCUT2D eigenvalue weighted by molar-refractivity contribution is 7.45. The van der Waals surface area contributed by atoms with E-state index in [0.29, 0.717) is 22.5 Å². The standard InChI is InChI=1S/C6H6N2O.C5H5N5.H3O4P/c7-6(9)5-2-1-3-8-4-5;6-4-3-5(9-1-7-3)10-2-8-4;1-5(2,3)4/h1-4H,(H2,7,9);1-2H,(H3,6,7,8,9,10);(H3,1,2,3,4). The van der Waals surface area contributed by atoms with Crippen LogP contribution in [0, 0.1) is 0 Å². The van der Waals surface area contributed by atoms with Crippen LogP contribution in [0.15, 0.2) is 37.2 Å². The van der Waals surface area contributed by atoms with E-state index in [2.05, 4.69) is 24.9 Å². The van der Waals surface area contributed by atoms with E-state index in [4.69, 9.17) is 30.7 Å². The van der Waals surface area contributed by atoms with Gasteiger partial charge in [-0.2, -0.15) is 0 Å². The summed E-state index contributed by atoms with van der Waals surface area (Å²) in [6.45, 7) is 0. The predicted molar refractivity (Wildman–Crippen MR) is 83.1 cm³/mol. The minimum atomic E-state index is -4.64. The molecule has 24 heavy (non-hydrogen) atoms. The van der Waals surface area contributed by atoms with Gasteiger partial charge in [0.25, 0.3) is 0 Å². The summed E-state index contributed by atoms with van der Waals surface area (Å²) in [5, 5.41) is 0. The molecule has 8 N–H and O–H groups in total. The molecule has 1 amide bonds. The van der Waals surface area contributed by atoms with Crippen LogP contribution in [0.4, 0.5) is 5.82 Å². The molecular weight excluding hydrogens is 341 g/mol. The average Bonchev–Trinajstić information content (AvgIpc) is 2.97. The van der Waals surface area contributed by atoms with Crippen molar-refractivity contribution < 1.29 is 24.0 Å². The molecule has 0 saturated heterocycles. The number of nitrogen functional groups attached to an aromatic ring is 1. The van der Waals surface area contributed by atoms with Crippen molar-refractivity contribution in [1.29, 1.82) is 0 Å². The van der Waals surface area contributed by atoms with E-state index in [1.54, 1.807) is 18.3 Å². The van der Waals surface area contributed by atoms with Gasteiger partial charge in [-0.25, -0.2) is 19.5 Å². The number of nitrogens with zero attached hydrogens (tertiary/aromatic N) is 4. The highest BCUT2D eigenvalue weighted by Gasteiger charge is 2.00. The zero-order chi connectivity index (χ0) is 18.2. The maximum absolute atomic E-state index is 10.4. The number of amides is 1. The molecule has 128 valence electrons. The SMILES string of the molecule is NC(=O)c1cccnc1.Nc1ncnc2nc[nH]c12.O=P(O)(O)O. The number of hydrogen-bond donors (Lipinski definition) is 6. The van der Waals surface area contributed by atoms with Crippen LogP contribution in [0.1, 0.15) is 10.4 Å². The van der Waals surface area contributed by atoms with Crippen molar-refractivity contribution in [1.82, 2.24) is 24.9 Å². The molecule has 0 radical (unpaired) electrons. The zero-order valence-corrected chi connectivity index (χ0v) is 12.9. The number of imidazole rings is 1. The second-order valence-corrected chi connectivity index (χ2v) is 5.01. The van der Waals surface area contributed by atoms with Crippen LogP contribution in [0.25, 0.3) is 11.2 Å². The Morgan fingerprint density at radius 1 is 1.21 bits per heavy atom. The predicted octanol–water partition coefficient (Wildman–Crippen LogP) is -0.813. The summed E-state index contributed by atoms with van der Waals surface area (Å²) in [4.78, 5) is 50.0. The molecule has 0 aliphatic rings. The Bertz CT molecular complexity index is 827. The molecule has 0 bridgehead atoms. The third kappa shape index (κ3) is 7.38. The lowest BCUT2D eigenvalue weighted by atomic mass is 10.3. The van der Waals surface area contributed by atoms with E-state index in [9.17, 15) is 4.79 Å². The number of H-pyrrole nitrogens is 1. The topological polar surface area (TPSA) is 214 Å². The van der Waals surface area contributed by atoms with Gasteiger partial charge in [-0.3, -0.25) is 9.78 Å². The Balaban J connectivity index is 0.000000192. The minimum Gasteiger partial charge on any atom is -0.382 e. The van der Waals surface area contributed by atoms with Gasteiger partial charge in [0, 0.05) is 12.4 Å². The molecule has 0 atom stereocenters. The van der Waals surface area contributed by atoms with Crippen LogP contribution >= 0.6 is 7.82 Å². The summed E-state index contributed by atoms with van der Waals surface area (Å²) in [5.41, 5.74) is 12.2. The molecule has 12 nitrogen and oxygen atoms in total. The van der Waals surface area contributed by atoms with Crippen molar-refractivity contribution in [2.75, 3.05) is 5.73 Å². The fourth-order valence-corrected chi connectivity index (χ4v) is 1.29. The van der Waals surface area contributed by atoms with Gasteiger partial charge in [0.05, 0.1) is 11.9 Å². The van der Waals surface area contributed by atoms with Gasteiger partial charge in [-0.05, 0) is 12.1 Å². The van der Waals surface area contributed by atoms with Gasteiger partial charge in [-0.15, -0.1) is 0 Å². The van der Waals surface area contributed by atoms with Crippen LogP contribution in [0.2, 0.25) is 0 Å². The Morgan fingerprint density at radius 2 is 1.88 bits per heavy atom. The third-order valence-corrected chi connectivity index (χ3v) is 2.20. The van der Waals surface area contributed by atoms with Gasteiger partial charge in [0.15, 0.2) is 11.5 Å². The Morgan fingerprint density at radius 3 is 2.33 bits per heavy atom. The van der Waals surface area contributed by atoms with Crippen LogP contribution < -0.4 is 11.5 Å². The molecule has 3 heterocycles. The number of pyridine rings is 1. The average molecular weight is 355 g/mol. The number of carbonyl (C=O) groups excluding carboxylic acids is 1. The summed E-state index contributed by atoms with van der Waals surface area (Å²) in [6.07, 6.45) is 5.95. The zero-order valence-electron chi connectivity index (χ0n) is 12.0. The van der Waals surface area contributed by atoms with E-state index >= 15 is 0 Å². The first-order chi connectivity index (χ1) is 11.2. The number of nitrogens with one attached hydrogen (secondary N) is 1. The Hall–Kier alpha value is -2.92. The minimum absolute atomic E-state index is 0.433. The molecule has 0 spiro atoms. The molecule has 3 rings (SSSR count). The monoisotopic (exact) mass is 355 g/mol. The van der Waals surface area contributed by atoms with Gasteiger partial charge in [-0.1, -0.05) is 0 Å². The molecule has 3 aromatic heterocycles. The van der Waals surface area contributed by atoms with Gasteiger partial charge < -0.3 is 31.1 Å².